The van der Waals surface area contributed by atoms with Crippen molar-refractivity contribution in [1.82, 2.24) is 20.1 Å². The van der Waals surface area contributed by atoms with E-state index in [1.165, 1.54) is 6.33 Å². The van der Waals surface area contributed by atoms with Crippen molar-refractivity contribution in [1.29, 1.82) is 0 Å². The number of nitrogens with one attached hydrogen (secondary N) is 2. The zero-order valence-corrected chi connectivity index (χ0v) is 17.3. The molecule has 0 saturated carbocycles. The molecule has 1 aliphatic rings. The van der Waals surface area contributed by atoms with Gasteiger partial charge in [0.2, 0.25) is 5.91 Å². The van der Waals surface area contributed by atoms with Gasteiger partial charge < -0.3 is 10.2 Å². The van der Waals surface area contributed by atoms with Crippen LogP contribution in [0.5, 0.6) is 0 Å². The van der Waals surface area contributed by atoms with Crippen LogP contribution in [0.1, 0.15) is 28.8 Å². The third-order valence-corrected chi connectivity index (χ3v) is 6.04. The number of rotatable bonds is 6. The lowest BCUT2D eigenvalue weighted by Crippen LogP contribution is -2.43. The van der Waals surface area contributed by atoms with E-state index >= 15 is 0 Å². The summed E-state index contributed by atoms with van der Waals surface area (Å²) in [4.78, 5) is 31.4. The van der Waals surface area contributed by atoms with E-state index in [-0.39, 0.29) is 17.7 Å². The number of piperidine rings is 1. The van der Waals surface area contributed by atoms with Crippen molar-refractivity contribution < 1.29 is 9.59 Å². The van der Waals surface area contributed by atoms with Gasteiger partial charge in [-0.2, -0.15) is 5.10 Å². The molecule has 8 heteroatoms. The van der Waals surface area contributed by atoms with E-state index in [0.717, 1.165) is 35.0 Å². The number of amides is 2. The van der Waals surface area contributed by atoms with E-state index in [2.05, 4.69) is 20.5 Å². The van der Waals surface area contributed by atoms with E-state index in [9.17, 15) is 9.59 Å². The molecule has 7 nitrogen and oxygen atoms in total. The first-order chi connectivity index (χ1) is 14.7. The van der Waals surface area contributed by atoms with Crippen molar-refractivity contribution in [2.45, 2.75) is 23.8 Å². The third-order valence-electron chi connectivity index (χ3n) is 5.09. The molecule has 4 rings (SSSR count). The summed E-state index contributed by atoms with van der Waals surface area (Å²) in [5.74, 6) is 0.496. The zero-order valence-electron chi connectivity index (χ0n) is 16.5. The zero-order chi connectivity index (χ0) is 20.8. The number of benzene rings is 2. The number of carbonyl (C=O) groups excluding carboxylic acids is 2. The summed E-state index contributed by atoms with van der Waals surface area (Å²) in [6.07, 6.45) is 3.10. The number of hydrogen-bond acceptors (Lipinski definition) is 5. The minimum atomic E-state index is -0.194. The first kappa shape index (κ1) is 20.2. The first-order valence-electron chi connectivity index (χ1n) is 9.91. The van der Waals surface area contributed by atoms with Crippen molar-refractivity contribution in [3.8, 4) is 0 Å². The molecule has 0 radical (unpaired) electrons. The fourth-order valence-corrected chi connectivity index (χ4v) is 4.22. The molecule has 0 aliphatic carbocycles. The maximum atomic E-state index is 12.9. The molecular formula is C22H23N5O2S. The molecule has 30 heavy (non-hydrogen) atoms. The van der Waals surface area contributed by atoms with E-state index in [1.807, 2.05) is 54.6 Å². The molecule has 1 aromatic heterocycles. The van der Waals surface area contributed by atoms with Gasteiger partial charge in [0.25, 0.3) is 5.91 Å². The fraction of sp³-hybridized carbons (Fsp3) is 0.273. The summed E-state index contributed by atoms with van der Waals surface area (Å²) >= 11 is 1.56. The number of aromatic nitrogens is 3. The minimum absolute atomic E-state index is 0.0263. The summed E-state index contributed by atoms with van der Waals surface area (Å²) in [6, 6.07) is 17.0. The summed E-state index contributed by atoms with van der Waals surface area (Å²) in [5.41, 5.74) is 2.53. The molecular weight excluding hydrogens is 398 g/mol. The fourth-order valence-electron chi connectivity index (χ4n) is 3.48. The van der Waals surface area contributed by atoms with E-state index in [0.29, 0.717) is 18.7 Å². The van der Waals surface area contributed by atoms with Gasteiger partial charge in [-0.15, -0.1) is 0 Å². The maximum absolute atomic E-state index is 12.9. The summed E-state index contributed by atoms with van der Waals surface area (Å²) in [7, 11) is 0. The Kier molecular flexibility index (Phi) is 6.44. The third kappa shape index (κ3) is 5.07. The number of thioether (sulfide) groups is 1. The SMILES string of the molecule is O=C(Nc1ccccc1)C1CCCN(C(=O)c2ccc(CSc3ncn[nH]3)cc2)C1. The smallest absolute Gasteiger partial charge is 0.253 e. The Morgan fingerprint density at radius 1 is 1.13 bits per heavy atom. The van der Waals surface area contributed by atoms with Crippen LogP contribution < -0.4 is 5.32 Å². The molecule has 2 aromatic carbocycles. The van der Waals surface area contributed by atoms with Crippen molar-refractivity contribution in [2.24, 2.45) is 5.92 Å². The first-order valence-corrected chi connectivity index (χ1v) is 10.9. The van der Waals surface area contributed by atoms with Crippen molar-refractivity contribution in [3.63, 3.8) is 0 Å². The average Bonchev–Trinajstić information content (AvgIpc) is 3.32. The molecule has 2 heterocycles. The molecule has 2 N–H and O–H groups in total. The number of nitrogens with zero attached hydrogens (tertiary/aromatic N) is 3. The van der Waals surface area contributed by atoms with Gasteiger partial charge in [-0.1, -0.05) is 42.1 Å². The van der Waals surface area contributed by atoms with Crippen molar-refractivity contribution >= 4 is 29.3 Å². The predicted octanol–water partition coefficient (Wildman–Crippen LogP) is 3.59. The van der Waals surface area contributed by atoms with Crippen LogP contribution in [0.25, 0.3) is 0 Å². The molecule has 1 fully saturated rings. The van der Waals surface area contributed by atoms with Crippen LogP contribution in [0.4, 0.5) is 5.69 Å². The van der Waals surface area contributed by atoms with Gasteiger partial charge in [-0.05, 0) is 42.7 Å². The highest BCUT2D eigenvalue weighted by Crippen LogP contribution is 2.22. The Balaban J connectivity index is 1.33. The predicted molar refractivity (Wildman–Crippen MR) is 116 cm³/mol. The highest BCUT2D eigenvalue weighted by Gasteiger charge is 2.29. The Labute approximate surface area is 179 Å². The normalized spacial score (nSPS) is 16.3. The second kappa shape index (κ2) is 9.58. The summed E-state index contributed by atoms with van der Waals surface area (Å²) < 4.78 is 0. The van der Waals surface area contributed by atoms with Gasteiger partial charge in [0.1, 0.15) is 6.33 Å². The second-order valence-corrected chi connectivity index (χ2v) is 8.19. The Bertz CT molecular complexity index is 977. The van der Waals surface area contributed by atoms with Gasteiger partial charge in [0.05, 0.1) is 5.92 Å². The lowest BCUT2D eigenvalue weighted by molar-refractivity contribution is -0.121. The largest absolute Gasteiger partial charge is 0.338 e. The van der Waals surface area contributed by atoms with Gasteiger partial charge in [0.15, 0.2) is 5.16 Å². The van der Waals surface area contributed by atoms with Crippen molar-refractivity contribution in [2.75, 3.05) is 18.4 Å². The number of carbonyl (C=O) groups is 2. The minimum Gasteiger partial charge on any atom is -0.338 e. The highest BCUT2D eigenvalue weighted by atomic mass is 32.2. The Morgan fingerprint density at radius 2 is 1.93 bits per heavy atom. The molecule has 154 valence electrons. The monoisotopic (exact) mass is 421 g/mol. The number of H-pyrrole nitrogens is 1. The molecule has 1 aliphatic heterocycles. The van der Waals surface area contributed by atoms with Crippen LogP contribution in [0, 0.1) is 5.92 Å². The van der Waals surface area contributed by atoms with Gasteiger partial charge in [-0.3, -0.25) is 14.7 Å². The molecule has 0 bridgehead atoms. The quantitative estimate of drug-likeness (QED) is 0.594. The standard InChI is InChI=1S/C22H23N5O2S/c28-20(25-19-6-2-1-3-7-19)18-5-4-12-27(13-18)21(29)17-10-8-16(9-11-17)14-30-22-23-15-24-26-22/h1-3,6-11,15,18H,4-5,12-14H2,(H,25,28)(H,23,24,26). The number of hydrogen-bond donors (Lipinski definition) is 2. The number of para-hydroxylation sites is 1. The second-order valence-electron chi connectivity index (χ2n) is 7.22. The highest BCUT2D eigenvalue weighted by molar-refractivity contribution is 7.98. The molecule has 2 amide bonds. The number of anilines is 1. The molecule has 1 atom stereocenters. The van der Waals surface area contributed by atoms with E-state index in [4.69, 9.17) is 0 Å². The van der Waals surface area contributed by atoms with Gasteiger partial charge >= 0.3 is 0 Å². The summed E-state index contributed by atoms with van der Waals surface area (Å²) in [5, 5.41) is 10.4. The van der Waals surface area contributed by atoms with Crippen LogP contribution in [-0.4, -0.2) is 45.0 Å². The Morgan fingerprint density at radius 3 is 2.67 bits per heavy atom. The van der Waals surface area contributed by atoms with Crippen LogP contribution in [0.15, 0.2) is 66.1 Å². The number of aromatic amines is 1. The van der Waals surface area contributed by atoms with Crippen LogP contribution in [-0.2, 0) is 10.5 Å². The van der Waals surface area contributed by atoms with E-state index in [1.54, 1.807) is 16.7 Å². The molecule has 0 spiro atoms. The Hall–Kier alpha value is -3.13. The van der Waals surface area contributed by atoms with Crippen LogP contribution >= 0.6 is 11.8 Å². The van der Waals surface area contributed by atoms with Crippen LogP contribution in [0.2, 0.25) is 0 Å². The number of likely N-dealkylation sites (tertiary alicyclic amines) is 1. The summed E-state index contributed by atoms with van der Waals surface area (Å²) in [6.45, 7) is 1.12. The molecule has 1 saturated heterocycles. The van der Waals surface area contributed by atoms with Crippen LogP contribution in [0.3, 0.4) is 0 Å². The molecule has 1 unspecified atom stereocenters. The lowest BCUT2D eigenvalue weighted by atomic mass is 9.96. The maximum Gasteiger partial charge on any atom is 0.253 e. The molecule has 3 aromatic rings. The lowest BCUT2D eigenvalue weighted by Gasteiger charge is -2.32. The van der Waals surface area contributed by atoms with Crippen molar-refractivity contribution in [3.05, 3.63) is 72.1 Å². The average molecular weight is 422 g/mol. The van der Waals surface area contributed by atoms with E-state index < -0.39 is 0 Å². The van der Waals surface area contributed by atoms with Gasteiger partial charge in [-0.25, -0.2) is 4.98 Å². The topological polar surface area (TPSA) is 91.0 Å². The van der Waals surface area contributed by atoms with Gasteiger partial charge in [0, 0.05) is 30.1 Å².